The lowest BCUT2D eigenvalue weighted by Crippen LogP contribution is -2.19. The number of halogens is 2. The van der Waals surface area contributed by atoms with Gasteiger partial charge in [-0.3, -0.25) is 19.7 Å². The molecule has 2 amide bonds. The minimum Gasteiger partial charge on any atom is -0.308 e. The largest absolute Gasteiger partial charge is 0.323 e. The van der Waals surface area contributed by atoms with Crippen LogP contribution in [0.1, 0.15) is 16.1 Å². The van der Waals surface area contributed by atoms with E-state index in [1.165, 1.54) is 55.0 Å². The van der Waals surface area contributed by atoms with Gasteiger partial charge < -0.3 is 10.6 Å². The van der Waals surface area contributed by atoms with Crippen molar-refractivity contribution < 1.29 is 18.4 Å². The maximum Gasteiger partial charge on any atom is 0.323 e. The van der Waals surface area contributed by atoms with E-state index in [1.807, 2.05) is 0 Å². The average molecular weight is 405 g/mol. The molecule has 2 aromatic carbocycles. The minimum absolute atomic E-state index is 0.00261. The molecule has 0 bridgehead atoms. The first-order valence-corrected chi connectivity index (χ1v) is 8.73. The Labute approximate surface area is 168 Å². The molecule has 9 heteroatoms. The van der Waals surface area contributed by atoms with Crippen molar-refractivity contribution in [2.24, 2.45) is 0 Å². The van der Waals surface area contributed by atoms with Crippen LogP contribution >= 0.6 is 0 Å². The molecular weight excluding hydrogens is 392 g/mol. The van der Waals surface area contributed by atoms with E-state index in [0.29, 0.717) is 16.7 Å². The number of urea groups is 1. The number of ketones is 1. The number of rotatable bonds is 4. The molecular formula is C21H13F2N5O2. The zero-order valence-corrected chi connectivity index (χ0v) is 15.3. The summed E-state index contributed by atoms with van der Waals surface area (Å²) in [5.41, 5.74) is 1.48. The normalized spacial score (nSPS) is 10.6. The summed E-state index contributed by atoms with van der Waals surface area (Å²) in [6, 6.07) is 9.37. The molecule has 0 saturated heterocycles. The van der Waals surface area contributed by atoms with Crippen LogP contribution in [0.4, 0.5) is 25.0 Å². The second kappa shape index (κ2) is 8.00. The first-order chi connectivity index (χ1) is 14.5. The lowest BCUT2D eigenvalue weighted by atomic mass is 10.1. The lowest BCUT2D eigenvalue weighted by molar-refractivity contribution is 0.103. The van der Waals surface area contributed by atoms with Crippen LogP contribution in [0.5, 0.6) is 0 Å². The van der Waals surface area contributed by atoms with Gasteiger partial charge in [-0.05, 0) is 48.5 Å². The third kappa shape index (κ3) is 4.25. The Morgan fingerprint density at radius 1 is 0.733 bits per heavy atom. The van der Waals surface area contributed by atoms with Gasteiger partial charge in [0.2, 0.25) is 5.78 Å². The summed E-state index contributed by atoms with van der Waals surface area (Å²) < 4.78 is 27.0. The SMILES string of the molecule is O=C(Nc1ccc(F)cc1)Nc1cc(F)cc(C(=O)c2cc3nccnc3cn2)c1. The lowest BCUT2D eigenvalue weighted by Gasteiger charge is -2.09. The Morgan fingerprint density at radius 2 is 1.43 bits per heavy atom. The van der Waals surface area contributed by atoms with Crippen LogP contribution in [0.3, 0.4) is 0 Å². The molecule has 2 N–H and O–H groups in total. The fourth-order valence-corrected chi connectivity index (χ4v) is 2.76. The van der Waals surface area contributed by atoms with E-state index in [0.717, 1.165) is 12.1 Å². The summed E-state index contributed by atoms with van der Waals surface area (Å²) in [5.74, 6) is -1.69. The standard InChI is InChI=1S/C21H13F2N5O2/c22-13-1-3-15(4-2-13)27-21(30)28-16-8-12(7-14(23)9-16)20(29)18-10-17-19(11-26-18)25-6-5-24-17/h1-11H,(H2,27,28,30). The Hall–Kier alpha value is -4.27. The van der Waals surface area contributed by atoms with Crippen LogP contribution in [0.25, 0.3) is 11.0 Å². The minimum atomic E-state index is -0.710. The summed E-state index contributed by atoms with van der Waals surface area (Å²) in [5, 5.41) is 4.93. The molecule has 0 unspecified atom stereocenters. The van der Waals surface area contributed by atoms with Gasteiger partial charge in [-0.15, -0.1) is 0 Å². The maximum absolute atomic E-state index is 14.1. The van der Waals surface area contributed by atoms with Gasteiger partial charge in [-0.25, -0.2) is 13.6 Å². The molecule has 0 aliphatic carbocycles. The molecule has 0 saturated carbocycles. The summed E-state index contributed by atoms with van der Waals surface area (Å²) in [6.45, 7) is 0. The number of fused-ring (bicyclic) bond motifs is 1. The second-order valence-electron chi connectivity index (χ2n) is 6.26. The molecule has 0 atom stereocenters. The summed E-state index contributed by atoms with van der Waals surface area (Å²) in [6.07, 6.45) is 4.40. The van der Waals surface area contributed by atoms with Crippen molar-refractivity contribution in [1.29, 1.82) is 0 Å². The van der Waals surface area contributed by atoms with Gasteiger partial charge in [-0.1, -0.05) is 0 Å². The molecule has 2 aromatic heterocycles. The number of benzene rings is 2. The molecule has 0 radical (unpaired) electrons. The number of carbonyl (C=O) groups is 2. The van der Waals surface area contributed by atoms with Crippen molar-refractivity contribution in [1.82, 2.24) is 15.0 Å². The monoisotopic (exact) mass is 405 g/mol. The van der Waals surface area contributed by atoms with Gasteiger partial charge in [0, 0.05) is 29.3 Å². The summed E-state index contributed by atoms with van der Waals surface area (Å²) >= 11 is 0. The smallest absolute Gasteiger partial charge is 0.308 e. The van der Waals surface area contributed by atoms with Crippen molar-refractivity contribution in [3.63, 3.8) is 0 Å². The topological polar surface area (TPSA) is 96.9 Å². The number of hydrogen-bond donors (Lipinski definition) is 2. The first-order valence-electron chi connectivity index (χ1n) is 8.73. The fourth-order valence-electron chi connectivity index (χ4n) is 2.76. The van der Waals surface area contributed by atoms with E-state index in [4.69, 9.17) is 0 Å². The maximum atomic E-state index is 14.1. The molecule has 0 aliphatic rings. The van der Waals surface area contributed by atoms with Crippen LogP contribution in [-0.4, -0.2) is 26.8 Å². The summed E-state index contributed by atoms with van der Waals surface area (Å²) in [4.78, 5) is 37.2. The predicted octanol–water partition coefficient (Wildman–Crippen LogP) is 4.18. The number of carbonyl (C=O) groups excluding carboxylic acids is 2. The molecule has 4 aromatic rings. The third-order valence-corrected chi connectivity index (χ3v) is 4.11. The van der Waals surface area contributed by atoms with Crippen molar-refractivity contribution >= 4 is 34.2 Å². The zero-order chi connectivity index (χ0) is 21.1. The number of anilines is 2. The van der Waals surface area contributed by atoms with E-state index >= 15 is 0 Å². The van der Waals surface area contributed by atoms with E-state index < -0.39 is 23.4 Å². The predicted molar refractivity (Wildman–Crippen MR) is 106 cm³/mol. The molecule has 4 rings (SSSR count). The van der Waals surface area contributed by atoms with Gasteiger partial charge in [0.1, 0.15) is 22.8 Å². The molecule has 0 aliphatic heterocycles. The molecule has 0 fully saturated rings. The summed E-state index contributed by atoms with van der Waals surface area (Å²) in [7, 11) is 0. The number of pyridine rings is 1. The first kappa shape index (κ1) is 19.1. The highest BCUT2D eigenvalue weighted by Crippen LogP contribution is 2.19. The van der Waals surface area contributed by atoms with Crippen molar-refractivity contribution in [3.05, 3.63) is 90.0 Å². The van der Waals surface area contributed by atoms with Crippen LogP contribution < -0.4 is 10.6 Å². The van der Waals surface area contributed by atoms with Gasteiger partial charge in [0.15, 0.2) is 0 Å². The quantitative estimate of drug-likeness (QED) is 0.497. The van der Waals surface area contributed by atoms with Crippen LogP contribution in [0, 0.1) is 11.6 Å². The number of amides is 2. The third-order valence-electron chi connectivity index (χ3n) is 4.11. The van der Waals surface area contributed by atoms with E-state index in [1.54, 1.807) is 0 Å². The Morgan fingerprint density at radius 3 is 2.20 bits per heavy atom. The molecule has 0 spiro atoms. The Bertz CT molecular complexity index is 1260. The molecule has 30 heavy (non-hydrogen) atoms. The molecule has 148 valence electrons. The molecule has 7 nitrogen and oxygen atoms in total. The van der Waals surface area contributed by atoms with E-state index in [2.05, 4.69) is 25.6 Å². The van der Waals surface area contributed by atoms with Crippen molar-refractivity contribution in [2.45, 2.75) is 0 Å². The van der Waals surface area contributed by atoms with Crippen LogP contribution in [0.15, 0.2) is 67.1 Å². The van der Waals surface area contributed by atoms with Crippen molar-refractivity contribution in [3.8, 4) is 0 Å². The van der Waals surface area contributed by atoms with Crippen LogP contribution in [0.2, 0.25) is 0 Å². The number of nitrogens with one attached hydrogen (secondary N) is 2. The number of hydrogen-bond acceptors (Lipinski definition) is 5. The van der Waals surface area contributed by atoms with Gasteiger partial charge >= 0.3 is 6.03 Å². The van der Waals surface area contributed by atoms with Crippen LogP contribution in [-0.2, 0) is 0 Å². The highest BCUT2D eigenvalue weighted by Gasteiger charge is 2.15. The molecule has 2 heterocycles. The highest BCUT2D eigenvalue weighted by molar-refractivity contribution is 6.10. The van der Waals surface area contributed by atoms with E-state index in [-0.39, 0.29) is 16.9 Å². The Kier molecular flexibility index (Phi) is 5.08. The second-order valence-corrected chi connectivity index (χ2v) is 6.26. The number of nitrogens with zero attached hydrogens (tertiary/aromatic N) is 3. The van der Waals surface area contributed by atoms with Gasteiger partial charge in [-0.2, -0.15) is 0 Å². The van der Waals surface area contributed by atoms with Crippen molar-refractivity contribution in [2.75, 3.05) is 10.6 Å². The highest BCUT2D eigenvalue weighted by atomic mass is 19.1. The zero-order valence-electron chi connectivity index (χ0n) is 15.3. The van der Waals surface area contributed by atoms with E-state index in [9.17, 15) is 18.4 Å². The number of aromatic nitrogens is 3. The average Bonchev–Trinajstić information content (AvgIpc) is 2.74. The van der Waals surface area contributed by atoms with Gasteiger partial charge in [0.25, 0.3) is 0 Å². The fraction of sp³-hybridized carbons (Fsp3) is 0. The Balaban J connectivity index is 1.55. The van der Waals surface area contributed by atoms with Gasteiger partial charge in [0.05, 0.1) is 11.7 Å².